The third-order valence-electron chi connectivity index (χ3n) is 3.14. The van der Waals surface area contributed by atoms with E-state index in [9.17, 15) is 4.79 Å². The molecule has 3 N–H and O–H groups in total. The number of aliphatic hydroxyl groups is 2. The molecular weight excluding hydrogens is 284 g/mol. The van der Waals surface area contributed by atoms with E-state index in [0.717, 1.165) is 11.1 Å². The summed E-state index contributed by atoms with van der Waals surface area (Å²) in [5, 5.41) is 20.5. The number of nitrogens with zero attached hydrogens (tertiary/aromatic N) is 1. The van der Waals surface area contributed by atoms with Gasteiger partial charge in [0, 0.05) is 19.6 Å². The first-order valence-corrected chi connectivity index (χ1v) is 7.49. The molecular formula is C16H26N2O4. The number of amides is 1. The van der Waals surface area contributed by atoms with Gasteiger partial charge in [-0.15, -0.1) is 0 Å². The summed E-state index contributed by atoms with van der Waals surface area (Å²) in [5.74, 6) is -0.0860. The fraction of sp³-hybridized carbons (Fsp3) is 0.562. The van der Waals surface area contributed by atoms with Gasteiger partial charge in [-0.1, -0.05) is 29.8 Å². The van der Waals surface area contributed by atoms with Crippen LogP contribution in [-0.4, -0.2) is 67.1 Å². The lowest BCUT2D eigenvalue weighted by molar-refractivity contribution is -0.122. The Morgan fingerprint density at radius 3 is 2.73 bits per heavy atom. The summed E-state index contributed by atoms with van der Waals surface area (Å²) < 4.78 is 5.18. The predicted octanol–water partition coefficient (Wildman–Crippen LogP) is -0.0856. The van der Waals surface area contributed by atoms with E-state index in [1.165, 1.54) is 0 Å². The summed E-state index contributed by atoms with van der Waals surface area (Å²) in [6.45, 7) is 4.36. The normalized spacial score (nSPS) is 10.9. The second-order valence-electron chi connectivity index (χ2n) is 5.10. The molecule has 0 atom stereocenters. The average molecular weight is 310 g/mol. The monoisotopic (exact) mass is 310 g/mol. The molecule has 22 heavy (non-hydrogen) atoms. The summed E-state index contributed by atoms with van der Waals surface area (Å²) in [6, 6.07) is 7.99. The molecule has 0 fully saturated rings. The number of carbonyl (C=O) groups excluding carboxylic acids is 1. The lowest BCUT2D eigenvalue weighted by Gasteiger charge is -2.20. The van der Waals surface area contributed by atoms with Crippen molar-refractivity contribution in [2.75, 3.05) is 46.1 Å². The van der Waals surface area contributed by atoms with Crippen molar-refractivity contribution in [3.05, 3.63) is 35.4 Å². The minimum absolute atomic E-state index is 0.00877. The van der Waals surface area contributed by atoms with Crippen molar-refractivity contribution >= 4 is 5.91 Å². The number of hydrogen-bond acceptors (Lipinski definition) is 5. The molecule has 0 bridgehead atoms. The van der Waals surface area contributed by atoms with Crippen molar-refractivity contribution in [2.45, 2.75) is 13.5 Å². The van der Waals surface area contributed by atoms with E-state index in [-0.39, 0.29) is 32.3 Å². The predicted molar refractivity (Wildman–Crippen MR) is 84.5 cm³/mol. The Labute approximate surface area is 131 Å². The minimum atomic E-state index is -0.0860. The summed E-state index contributed by atoms with van der Waals surface area (Å²) in [4.78, 5) is 13.8. The van der Waals surface area contributed by atoms with Crippen LogP contribution in [0, 0.1) is 6.92 Å². The number of nitrogens with one attached hydrogen (secondary N) is 1. The Morgan fingerprint density at radius 1 is 1.23 bits per heavy atom. The molecule has 0 aliphatic heterocycles. The summed E-state index contributed by atoms with van der Waals surface area (Å²) in [6.07, 6.45) is 0. The Morgan fingerprint density at radius 2 is 2.05 bits per heavy atom. The quantitative estimate of drug-likeness (QED) is 0.498. The number of aliphatic hydroxyl groups excluding tert-OH is 2. The van der Waals surface area contributed by atoms with Gasteiger partial charge in [-0.25, -0.2) is 0 Å². The molecule has 1 amide bonds. The molecule has 0 radical (unpaired) electrons. The van der Waals surface area contributed by atoms with Crippen LogP contribution in [0.3, 0.4) is 0 Å². The van der Waals surface area contributed by atoms with E-state index in [1.54, 1.807) is 0 Å². The maximum atomic E-state index is 12.0. The number of aryl methyl sites for hydroxylation is 1. The maximum absolute atomic E-state index is 12.0. The van der Waals surface area contributed by atoms with Crippen LogP contribution in [0.5, 0.6) is 0 Å². The zero-order chi connectivity index (χ0) is 16.2. The maximum Gasteiger partial charge on any atom is 0.234 e. The van der Waals surface area contributed by atoms with Gasteiger partial charge in [-0.05, 0) is 12.5 Å². The topological polar surface area (TPSA) is 82.0 Å². The van der Waals surface area contributed by atoms with Gasteiger partial charge in [0.05, 0.1) is 33.0 Å². The first kappa shape index (κ1) is 18.6. The summed E-state index contributed by atoms with van der Waals surface area (Å²) >= 11 is 0. The van der Waals surface area contributed by atoms with Crippen LogP contribution < -0.4 is 5.32 Å². The second-order valence-corrected chi connectivity index (χ2v) is 5.10. The lowest BCUT2D eigenvalue weighted by Crippen LogP contribution is -2.40. The first-order chi connectivity index (χ1) is 10.7. The van der Waals surface area contributed by atoms with Crippen molar-refractivity contribution in [3.63, 3.8) is 0 Å². The van der Waals surface area contributed by atoms with Crippen molar-refractivity contribution in [1.29, 1.82) is 0 Å². The first-order valence-electron chi connectivity index (χ1n) is 7.49. The number of rotatable bonds is 11. The molecule has 6 heteroatoms. The Kier molecular flexibility index (Phi) is 9.41. The molecule has 6 nitrogen and oxygen atoms in total. The van der Waals surface area contributed by atoms with Crippen LogP contribution in [0.25, 0.3) is 0 Å². The minimum Gasteiger partial charge on any atom is -0.395 e. The largest absolute Gasteiger partial charge is 0.395 e. The van der Waals surface area contributed by atoms with E-state index in [2.05, 4.69) is 5.32 Å². The highest BCUT2D eigenvalue weighted by atomic mass is 16.5. The zero-order valence-electron chi connectivity index (χ0n) is 13.1. The van der Waals surface area contributed by atoms with Crippen molar-refractivity contribution in [1.82, 2.24) is 10.2 Å². The molecule has 1 aromatic carbocycles. The number of ether oxygens (including phenoxy) is 1. The van der Waals surface area contributed by atoms with Gasteiger partial charge in [0.2, 0.25) is 5.91 Å². The molecule has 0 heterocycles. The second kappa shape index (κ2) is 11.1. The average Bonchev–Trinajstić information content (AvgIpc) is 2.50. The van der Waals surface area contributed by atoms with Crippen molar-refractivity contribution in [3.8, 4) is 0 Å². The van der Waals surface area contributed by atoms with E-state index >= 15 is 0 Å². The fourth-order valence-corrected chi connectivity index (χ4v) is 2.05. The third kappa shape index (κ3) is 8.09. The van der Waals surface area contributed by atoms with Crippen LogP contribution in [-0.2, 0) is 16.1 Å². The zero-order valence-corrected chi connectivity index (χ0v) is 13.1. The van der Waals surface area contributed by atoms with Gasteiger partial charge < -0.3 is 20.3 Å². The highest BCUT2D eigenvalue weighted by Gasteiger charge is 2.10. The van der Waals surface area contributed by atoms with E-state index < -0.39 is 0 Å². The summed E-state index contributed by atoms with van der Waals surface area (Å²) in [7, 11) is 0. The van der Waals surface area contributed by atoms with Gasteiger partial charge in [-0.3, -0.25) is 9.69 Å². The molecule has 0 unspecified atom stereocenters. The summed E-state index contributed by atoms with van der Waals surface area (Å²) in [5.41, 5.74) is 2.23. The number of hydrogen-bond donors (Lipinski definition) is 3. The fourth-order valence-electron chi connectivity index (χ4n) is 2.05. The van der Waals surface area contributed by atoms with E-state index in [1.807, 2.05) is 36.1 Å². The molecule has 0 spiro atoms. The van der Waals surface area contributed by atoms with Gasteiger partial charge in [-0.2, -0.15) is 0 Å². The molecule has 0 aliphatic rings. The highest BCUT2D eigenvalue weighted by molar-refractivity contribution is 5.78. The smallest absolute Gasteiger partial charge is 0.234 e. The highest BCUT2D eigenvalue weighted by Crippen LogP contribution is 2.03. The molecule has 0 saturated carbocycles. The Hall–Kier alpha value is -1.47. The van der Waals surface area contributed by atoms with E-state index in [4.69, 9.17) is 14.9 Å². The molecule has 0 aliphatic carbocycles. The van der Waals surface area contributed by atoms with Gasteiger partial charge in [0.25, 0.3) is 0 Å². The van der Waals surface area contributed by atoms with Gasteiger partial charge >= 0.3 is 0 Å². The Bertz CT molecular complexity index is 440. The number of benzene rings is 1. The third-order valence-corrected chi connectivity index (χ3v) is 3.14. The van der Waals surface area contributed by atoms with Crippen LogP contribution in [0.1, 0.15) is 11.1 Å². The van der Waals surface area contributed by atoms with Crippen LogP contribution in [0.15, 0.2) is 24.3 Å². The standard InChI is InChI=1S/C16H26N2O4/c1-14-3-2-4-15(11-14)12-17-16(21)13-18(5-7-19)6-9-22-10-8-20/h2-4,11,19-20H,5-10,12-13H2,1H3,(H,17,21). The van der Waals surface area contributed by atoms with Crippen LogP contribution >= 0.6 is 0 Å². The van der Waals surface area contributed by atoms with E-state index in [0.29, 0.717) is 26.2 Å². The Balaban J connectivity index is 2.32. The van der Waals surface area contributed by atoms with Gasteiger partial charge in [0.15, 0.2) is 0 Å². The lowest BCUT2D eigenvalue weighted by atomic mass is 10.1. The molecule has 0 aromatic heterocycles. The number of carbonyl (C=O) groups is 1. The van der Waals surface area contributed by atoms with Crippen LogP contribution in [0.4, 0.5) is 0 Å². The van der Waals surface area contributed by atoms with Crippen molar-refractivity contribution < 1.29 is 19.7 Å². The molecule has 1 rings (SSSR count). The SMILES string of the molecule is Cc1cccc(CNC(=O)CN(CCO)CCOCCO)c1. The molecule has 124 valence electrons. The molecule has 0 saturated heterocycles. The van der Waals surface area contributed by atoms with Crippen molar-refractivity contribution in [2.24, 2.45) is 0 Å². The molecule has 1 aromatic rings. The van der Waals surface area contributed by atoms with Crippen LogP contribution in [0.2, 0.25) is 0 Å². The van der Waals surface area contributed by atoms with Gasteiger partial charge in [0.1, 0.15) is 0 Å².